The Labute approximate surface area is 106 Å². The molecule has 102 valence electrons. The largest absolute Gasteiger partial charge is 0.378 e. The molecule has 0 aromatic heterocycles. The number of ether oxygens (including phenoxy) is 1. The Morgan fingerprint density at radius 1 is 1.18 bits per heavy atom. The van der Waals surface area contributed by atoms with Crippen LogP contribution in [-0.2, 0) is 9.53 Å². The summed E-state index contributed by atoms with van der Waals surface area (Å²) in [5.41, 5.74) is -0.131. The lowest BCUT2D eigenvalue weighted by Gasteiger charge is -2.27. The molecule has 0 aliphatic heterocycles. The summed E-state index contributed by atoms with van der Waals surface area (Å²) in [4.78, 5) is 11.6. The molecule has 0 rings (SSSR count). The van der Waals surface area contributed by atoms with E-state index >= 15 is 0 Å². The zero-order valence-electron chi connectivity index (χ0n) is 12.5. The van der Waals surface area contributed by atoms with Gasteiger partial charge in [-0.25, -0.2) is 0 Å². The summed E-state index contributed by atoms with van der Waals surface area (Å²) in [7, 11) is 0. The molecule has 0 saturated heterocycles. The first kappa shape index (κ1) is 16.4. The molecular weight excluding hydrogens is 214 g/mol. The first-order chi connectivity index (χ1) is 7.55. The van der Waals surface area contributed by atoms with E-state index < -0.39 is 0 Å². The highest BCUT2D eigenvalue weighted by Crippen LogP contribution is 2.21. The van der Waals surface area contributed by atoms with Gasteiger partial charge in [-0.3, -0.25) is 4.79 Å². The van der Waals surface area contributed by atoms with Crippen LogP contribution in [0.2, 0.25) is 0 Å². The molecule has 0 aromatic rings. The normalized spacial score (nSPS) is 14.5. The van der Waals surface area contributed by atoms with Crippen LogP contribution in [0.1, 0.15) is 54.9 Å². The molecule has 0 saturated carbocycles. The van der Waals surface area contributed by atoms with Gasteiger partial charge in [0, 0.05) is 18.6 Å². The van der Waals surface area contributed by atoms with Crippen molar-refractivity contribution in [1.82, 2.24) is 5.32 Å². The van der Waals surface area contributed by atoms with Gasteiger partial charge >= 0.3 is 0 Å². The summed E-state index contributed by atoms with van der Waals surface area (Å²) in [6.45, 7) is 15.7. The second-order valence-electron chi connectivity index (χ2n) is 6.74. The van der Waals surface area contributed by atoms with Crippen LogP contribution in [0.15, 0.2) is 0 Å². The van der Waals surface area contributed by atoms with Gasteiger partial charge in [0.15, 0.2) is 0 Å². The maximum atomic E-state index is 11.6. The topological polar surface area (TPSA) is 38.3 Å². The maximum Gasteiger partial charge on any atom is 0.225 e. The minimum Gasteiger partial charge on any atom is -0.378 e. The van der Waals surface area contributed by atoms with E-state index in [4.69, 9.17) is 4.74 Å². The Hall–Kier alpha value is -0.570. The molecule has 1 N–H and O–H groups in total. The average molecular weight is 243 g/mol. The molecule has 1 amide bonds. The first-order valence-corrected chi connectivity index (χ1v) is 6.45. The molecule has 0 fully saturated rings. The van der Waals surface area contributed by atoms with Crippen LogP contribution in [0, 0.1) is 10.8 Å². The minimum absolute atomic E-state index is 0.0985. The molecule has 3 heteroatoms. The highest BCUT2D eigenvalue weighted by Gasteiger charge is 2.21. The zero-order valence-corrected chi connectivity index (χ0v) is 12.5. The Kier molecular flexibility index (Phi) is 6.17. The van der Waals surface area contributed by atoms with E-state index in [0.717, 1.165) is 6.42 Å². The van der Waals surface area contributed by atoms with Gasteiger partial charge in [-0.1, -0.05) is 41.5 Å². The van der Waals surface area contributed by atoms with Gasteiger partial charge in [-0.2, -0.15) is 0 Å². The quantitative estimate of drug-likeness (QED) is 0.754. The number of hydrogen-bond donors (Lipinski definition) is 1. The van der Waals surface area contributed by atoms with Gasteiger partial charge in [-0.05, 0) is 18.8 Å². The Bertz CT molecular complexity index is 236. The van der Waals surface area contributed by atoms with Gasteiger partial charge in [0.05, 0.1) is 6.10 Å². The maximum absolute atomic E-state index is 11.6. The van der Waals surface area contributed by atoms with Crippen molar-refractivity contribution in [2.75, 3.05) is 13.2 Å². The van der Waals surface area contributed by atoms with E-state index in [1.165, 1.54) is 0 Å². The van der Waals surface area contributed by atoms with E-state index in [1.807, 2.05) is 20.8 Å². The minimum atomic E-state index is -0.306. The third-order valence-corrected chi connectivity index (χ3v) is 2.88. The molecule has 3 nitrogen and oxygen atoms in total. The van der Waals surface area contributed by atoms with Crippen LogP contribution in [0.25, 0.3) is 0 Å². The van der Waals surface area contributed by atoms with Crippen molar-refractivity contribution in [3.05, 3.63) is 0 Å². The third-order valence-electron chi connectivity index (χ3n) is 2.88. The number of hydrogen-bond acceptors (Lipinski definition) is 2. The number of rotatable bonds is 5. The molecule has 0 spiro atoms. The number of carbonyl (C=O) groups is 1. The summed E-state index contributed by atoms with van der Waals surface area (Å²) in [6.07, 6.45) is 1.10. The van der Waals surface area contributed by atoms with E-state index in [-0.39, 0.29) is 22.8 Å². The molecule has 0 radical (unpaired) electrons. The molecule has 1 atom stereocenters. The van der Waals surface area contributed by atoms with E-state index in [9.17, 15) is 4.79 Å². The summed E-state index contributed by atoms with van der Waals surface area (Å²) in [5.74, 6) is 0.0985. The SMILES string of the molecule is C[C@@H](OCCCNC(=O)C(C)(C)C)C(C)(C)C. The van der Waals surface area contributed by atoms with Gasteiger partial charge in [0.2, 0.25) is 5.91 Å². The van der Waals surface area contributed by atoms with Crippen molar-refractivity contribution in [3.8, 4) is 0 Å². The highest BCUT2D eigenvalue weighted by atomic mass is 16.5. The van der Waals surface area contributed by atoms with Crippen LogP contribution < -0.4 is 5.32 Å². The van der Waals surface area contributed by atoms with Crippen molar-refractivity contribution in [1.29, 1.82) is 0 Å². The van der Waals surface area contributed by atoms with Gasteiger partial charge in [0.25, 0.3) is 0 Å². The van der Waals surface area contributed by atoms with Gasteiger partial charge in [-0.15, -0.1) is 0 Å². The third kappa shape index (κ3) is 7.37. The Morgan fingerprint density at radius 3 is 2.12 bits per heavy atom. The van der Waals surface area contributed by atoms with Crippen LogP contribution in [0.3, 0.4) is 0 Å². The second-order valence-corrected chi connectivity index (χ2v) is 6.74. The second kappa shape index (κ2) is 6.39. The van der Waals surface area contributed by atoms with Crippen LogP contribution >= 0.6 is 0 Å². The van der Waals surface area contributed by atoms with Crippen LogP contribution in [-0.4, -0.2) is 25.2 Å². The molecule has 0 aliphatic rings. The van der Waals surface area contributed by atoms with Crippen molar-refractivity contribution in [2.45, 2.75) is 61.0 Å². The van der Waals surface area contributed by atoms with Gasteiger partial charge in [0.1, 0.15) is 0 Å². The molecular formula is C14H29NO2. The first-order valence-electron chi connectivity index (χ1n) is 6.45. The fourth-order valence-electron chi connectivity index (χ4n) is 1.05. The molecule has 0 heterocycles. The molecule has 0 bridgehead atoms. The van der Waals surface area contributed by atoms with E-state index in [2.05, 4.69) is 33.0 Å². The molecule has 0 aliphatic carbocycles. The van der Waals surface area contributed by atoms with E-state index in [1.54, 1.807) is 0 Å². The Balaban J connectivity index is 3.64. The summed E-state index contributed by atoms with van der Waals surface area (Å²) in [5, 5.41) is 2.92. The zero-order chi connectivity index (χ0) is 13.7. The lowest BCUT2D eigenvalue weighted by Crippen LogP contribution is -2.36. The fourth-order valence-corrected chi connectivity index (χ4v) is 1.05. The van der Waals surface area contributed by atoms with Crippen LogP contribution in [0.5, 0.6) is 0 Å². The summed E-state index contributed by atoms with van der Waals surface area (Å²) < 4.78 is 5.72. The summed E-state index contributed by atoms with van der Waals surface area (Å²) >= 11 is 0. The molecule has 0 aromatic carbocycles. The number of carbonyl (C=O) groups excluding carboxylic acids is 1. The predicted octanol–water partition coefficient (Wildman–Crippen LogP) is 2.99. The van der Waals surface area contributed by atoms with Gasteiger partial charge < -0.3 is 10.1 Å². The standard InChI is InChI=1S/C14H29NO2/c1-11(13(2,3)4)17-10-8-9-15-12(16)14(5,6)7/h11H,8-10H2,1-7H3,(H,15,16)/t11-/m1/s1. The monoisotopic (exact) mass is 243 g/mol. The van der Waals surface area contributed by atoms with Crippen LogP contribution in [0.4, 0.5) is 0 Å². The predicted molar refractivity (Wildman–Crippen MR) is 72.0 cm³/mol. The Morgan fingerprint density at radius 2 is 1.71 bits per heavy atom. The van der Waals surface area contributed by atoms with Crippen molar-refractivity contribution < 1.29 is 9.53 Å². The molecule has 0 unspecified atom stereocenters. The van der Waals surface area contributed by atoms with E-state index in [0.29, 0.717) is 13.2 Å². The smallest absolute Gasteiger partial charge is 0.225 e. The lowest BCUT2D eigenvalue weighted by atomic mass is 9.90. The van der Waals surface area contributed by atoms with Crippen molar-refractivity contribution in [2.24, 2.45) is 10.8 Å². The number of amides is 1. The highest BCUT2D eigenvalue weighted by molar-refractivity contribution is 5.81. The van der Waals surface area contributed by atoms with Crippen molar-refractivity contribution >= 4 is 5.91 Å². The molecule has 17 heavy (non-hydrogen) atoms. The van der Waals surface area contributed by atoms with Crippen molar-refractivity contribution in [3.63, 3.8) is 0 Å². The number of nitrogens with one attached hydrogen (secondary N) is 1. The lowest BCUT2D eigenvalue weighted by molar-refractivity contribution is -0.128. The average Bonchev–Trinajstić information content (AvgIpc) is 2.13. The summed E-state index contributed by atoms with van der Waals surface area (Å²) in [6, 6.07) is 0. The fraction of sp³-hybridized carbons (Fsp3) is 0.929.